The van der Waals surface area contributed by atoms with Crippen LogP contribution in [0.15, 0.2) is 42.5 Å². The van der Waals surface area contributed by atoms with E-state index in [0.717, 1.165) is 11.1 Å². The fourth-order valence-corrected chi connectivity index (χ4v) is 2.33. The third-order valence-corrected chi connectivity index (χ3v) is 3.81. The summed E-state index contributed by atoms with van der Waals surface area (Å²) in [6.45, 7) is 5.38. The fourth-order valence-electron chi connectivity index (χ4n) is 2.33. The Morgan fingerprint density at radius 3 is 2.38 bits per heavy atom. The highest BCUT2D eigenvalue weighted by molar-refractivity contribution is 6.00. The molecule has 0 unspecified atom stereocenters. The minimum atomic E-state index is -0.340. The van der Waals surface area contributed by atoms with E-state index in [1.54, 1.807) is 37.3 Å². The second-order valence-electron chi connectivity index (χ2n) is 6.03. The van der Waals surface area contributed by atoms with Crippen molar-refractivity contribution in [2.75, 3.05) is 17.2 Å². The van der Waals surface area contributed by atoms with Crippen LogP contribution in [-0.4, -0.2) is 24.3 Å². The number of hydrogen-bond donors (Lipinski definition) is 3. The van der Waals surface area contributed by atoms with Gasteiger partial charge in [-0.3, -0.25) is 14.4 Å². The molecule has 0 fully saturated rings. The van der Waals surface area contributed by atoms with E-state index in [-0.39, 0.29) is 24.3 Å². The lowest BCUT2D eigenvalue weighted by molar-refractivity contribution is -0.116. The van der Waals surface area contributed by atoms with Crippen molar-refractivity contribution in [3.05, 3.63) is 59.2 Å². The average molecular weight is 353 g/mol. The lowest BCUT2D eigenvalue weighted by atomic mass is 10.1. The van der Waals surface area contributed by atoms with E-state index >= 15 is 0 Å². The maximum atomic E-state index is 12.1. The van der Waals surface area contributed by atoms with Gasteiger partial charge >= 0.3 is 0 Å². The Morgan fingerprint density at radius 1 is 0.923 bits per heavy atom. The van der Waals surface area contributed by atoms with E-state index in [9.17, 15) is 14.4 Å². The highest BCUT2D eigenvalue weighted by Gasteiger charge is 2.10. The summed E-state index contributed by atoms with van der Waals surface area (Å²) in [6.07, 6.45) is 0.376. The molecule has 0 aliphatic carbocycles. The van der Waals surface area contributed by atoms with Crippen LogP contribution >= 0.6 is 0 Å². The zero-order valence-corrected chi connectivity index (χ0v) is 15.2. The van der Waals surface area contributed by atoms with Gasteiger partial charge in [-0.2, -0.15) is 0 Å². The van der Waals surface area contributed by atoms with Gasteiger partial charge in [-0.1, -0.05) is 30.7 Å². The molecule has 2 rings (SSSR count). The van der Waals surface area contributed by atoms with Crippen molar-refractivity contribution in [1.82, 2.24) is 5.32 Å². The van der Waals surface area contributed by atoms with Gasteiger partial charge in [-0.05, 0) is 43.7 Å². The Morgan fingerprint density at radius 2 is 1.69 bits per heavy atom. The molecule has 3 N–H and O–H groups in total. The predicted octanol–water partition coefficient (Wildman–Crippen LogP) is 3.02. The second kappa shape index (κ2) is 8.80. The number of amides is 3. The number of benzene rings is 2. The molecule has 0 bridgehead atoms. The van der Waals surface area contributed by atoms with Crippen molar-refractivity contribution in [2.45, 2.75) is 27.2 Å². The van der Waals surface area contributed by atoms with E-state index in [0.29, 0.717) is 23.4 Å². The van der Waals surface area contributed by atoms with Gasteiger partial charge in [0.05, 0.1) is 6.54 Å². The summed E-state index contributed by atoms with van der Waals surface area (Å²) in [5, 5.41) is 8.11. The molecule has 2 aromatic rings. The summed E-state index contributed by atoms with van der Waals surface area (Å²) in [5.41, 5.74) is 3.55. The second-order valence-corrected chi connectivity index (χ2v) is 6.03. The number of carbonyl (C=O) groups is 3. The van der Waals surface area contributed by atoms with Crippen LogP contribution in [0.2, 0.25) is 0 Å². The molecule has 3 amide bonds. The number of carbonyl (C=O) groups excluding carboxylic acids is 3. The molecule has 0 saturated carbocycles. The number of hydrogen-bond acceptors (Lipinski definition) is 3. The van der Waals surface area contributed by atoms with Gasteiger partial charge in [0.1, 0.15) is 0 Å². The molecule has 6 heteroatoms. The van der Waals surface area contributed by atoms with Crippen LogP contribution < -0.4 is 16.0 Å². The number of anilines is 2. The lowest BCUT2D eigenvalue weighted by Crippen LogP contribution is -2.33. The van der Waals surface area contributed by atoms with Crippen molar-refractivity contribution in [3.8, 4) is 0 Å². The first kappa shape index (κ1) is 19.2. The quantitative estimate of drug-likeness (QED) is 0.746. The molecular formula is C20H23N3O3. The third-order valence-electron chi connectivity index (χ3n) is 3.81. The summed E-state index contributed by atoms with van der Waals surface area (Å²) in [5.74, 6) is -0.742. The van der Waals surface area contributed by atoms with Gasteiger partial charge in [0.25, 0.3) is 5.91 Å². The minimum absolute atomic E-state index is 0.100. The van der Waals surface area contributed by atoms with E-state index in [1.807, 2.05) is 26.0 Å². The zero-order valence-electron chi connectivity index (χ0n) is 15.2. The monoisotopic (exact) mass is 353 g/mol. The van der Waals surface area contributed by atoms with Gasteiger partial charge < -0.3 is 16.0 Å². The van der Waals surface area contributed by atoms with E-state index in [2.05, 4.69) is 16.0 Å². The Bertz CT molecular complexity index is 831. The SMILES string of the molecule is CCC(=O)Nc1ccc(C)c(NC(=O)CNC(=O)c2cccc(C)c2)c1. The topological polar surface area (TPSA) is 87.3 Å². The van der Waals surface area contributed by atoms with E-state index in [4.69, 9.17) is 0 Å². The molecule has 0 spiro atoms. The highest BCUT2D eigenvalue weighted by Crippen LogP contribution is 2.20. The van der Waals surface area contributed by atoms with Crippen LogP contribution in [0.3, 0.4) is 0 Å². The first-order valence-electron chi connectivity index (χ1n) is 8.44. The molecule has 136 valence electrons. The van der Waals surface area contributed by atoms with Crippen LogP contribution in [0.5, 0.6) is 0 Å². The standard InChI is InChI=1S/C20H23N3O3/c1-4-18(24)22-16-9-8-14(3)17(11-16)23-19(25)12-21-20(26)15-7-5-6-13(2)10-15/h5-11H,4,12H2,1-3H3,(H,21,26)(H,22,24)(H,23,25). The summed E-state index contributed by atoms with van der Waals surface area (Å²) in [7, 11) is 0. The largest absolute Gasteiger partial charge is 0.343 e. The summed E-state index contributed by atoms with van der Waals surface area (Å²) < 4.78 is 0. The molecule has 0 radical (unpaired) electrons. The van der Waals surface area contributed by atoms with E-state index in [1.165, 1.54) is 0 Å². The molecule has 26 heavy (non-hydrogen) atoms. The van der Waals surface area contributed by atoms with Crippen molar-refractivity contribution in [3.63, 3.8) is 0 Å². The summed E-state index contributed by atoms with van der Waals surface area (Å²) in [6, 6.07) is 12.4. The Balaban J connectivity index is 1.96. The van der Waals surface area contributed by atoms with Gasteiger partial charge in [-0.25, -0.2) is 0 Å². The Labute approximate surface area is 153 Å². The summed E-state index contributed by atoms with van der Waals surface area (Å²) >= 11 is 0. The van der Waals surface area contributed by atoms with Gasteiger partial charge in [0, 0.05) is 23.4 Å². The predicted molar refractivity (Wildman–Crippen MR) is 102 cm³/mol. The maximum Gasteiger partial charge on any atom is 0.251 e. The van der Waals surface area contributed by atoms with Gasteiger partial charge in [0.15, 0.2) is 0 Å². The normalized spacial score (nSPS) is 10.1. The van der Waals surface area contributed by atoms with Crippen molar-refractivity contribution < 1.29 is 14.4 Å². The molecule has 2 aromatic carbocycles. The number of rotatable bonds is 6. The van der Waals surface area contributed by atoms with Crippen LogP contribution in [0.4, 0.5) is 11.4 Å². The maximum absolute atomic E-state index is 12.1. The average Bonchev–Trinajstić information content (AvgIpc) is 2.62. The Kier molecular flexibility index (Phi) is 6.49. The molecule has 0 atom stereocenters. The number of aryl methyl sites for hydroxylation is 2. The van der Waals surface area contributed by atoms with Gasteiger partial charge in [-0.15, -0.1) is 0 Å². The lowest BCUT2D eigenvalue weighted by Gasteiger charge is -2.12. The van der Waals surface area contributed by atoms with Crippen molar-refractivity contribution >= 4 is 29.1 Å². The van der Waals surface area contributed by atoms with E-state index < -0.39 is 0 Å². The molecule has 0 heterocycles. The van der Waals surface area contributed by atoms with Crippen LogP contribution in [-0.2, 0) is 9.59 Å². The van der Waals surface area contributed by atoms with Crippen LogP contribution in [0.25, 0.3) is 0 Å². The molecule has 0 aromatic heterocycles. The minimum Gasteiger partial charge on any atom is -0.343 e. The van der Waals surface area contributed by atoms with Gasteiger partial charge in [0.2, 0.25) is 11.8 Å². The molecule has 6 nitrogen and oxygen atoms in total. The van der Waals surface area contributed by atoms with Crippen molar-refractivity contribution in [1.29, 1.82) is 0 Å². The fraction of sp³-hybridized carbons (Fsp3) is 0.250. The van der Waals surface area contributed by atoms with Crippen LogP contribution in [0, 0.1) is 13.8 Å². The molecule has 0 saturated heterocycles. The third kappa shape index (κ3) is 5.44. The first-order chi connectivity index (χ1) is 12.4. The Hall–Kier alpha value is -3.15. The highest BCUT2D eigenvalue weighted by atomic mass is 16.2. The smallest absolute Gasteiger partial charge is 0.251 e. The summed E-state index contributed by atoms with van der Waals surface area (Å²) in [4.78, 5) is 35.7. The molecule has 0 aliphatic rings. The van der Waals surface area contributed by atoms with Crippen LogP contribution in [0.1, 0.15) is 34.8 Å². The first-order valence-corrected chi connectivity index (χ1v) is 8.44. The zero-order chi connectivity index (χ0) is 19.1. The van der Waals surface area contributed by atoms with Crippen molar-refractivity contribution in [2.24, 2.45) is 0 Å². The molecular weight excluding hydrogens is 330 g/mol. The molecule has 0 aliphatic heterocycles. The number of nitrogens with one attached hydrogen (secondary N) is 3.